The van der Waals surface area contributed by atoms with E-state index in [1.807, 2.05) is 0 Å². The van der Waals surface area contributed by atoms with Crippen LogP contribution >= 0.6 is 0 Å². The van der Waals surface area contributed by atoms with Crippen molar-refractivity contribution in [2.75, 3.05) is 0 Å². The van der Waals surface area contributed by atoms with Gasteiger partial charge >= 0.3 is 0 Å². The molecule has 1 N–H and O–H groups in total. The van der Waals surface area contributed by atoms with Crippen LogP contribution in [-0.4, -0.2) is 12.1 Å². The summed E-state index contributed by atoms with van der Waals surface area (Å²) in [6.07, 6.45) is 22.0. The molecule has 2 aliphatic carbocycles. The molecule has 0 radical (unpaired) electrons. The molecule has 2 rings (SSSR count). The van der Waals surface area contributed by atoms with E-state index in [1.54, 1.807) is 0 Å². The highest BCUT2D eigenvalue weighted by Gasteiger charge is 2.23. The topological polar surface area (TPSA) is 12.0 Å². The predicted octanol–water partition coefficient (Wildman–Crippen LogP) is 5.83. The van der Waals surface area contributed by atoms with Crippen molar-refractivity contribution in [2.45, 2.75) is 115 Å². The van der Waals surface area contributed by atoms with Crippen molar-refractivity contribution in [1.82, 2.24) is 5.32 Å². The molecule has 0 aromatic carbocycles. The molecule has 1 nitrogen and oxygen atoms in total. The Balaban J connectivity index is 1.73. The maximum atomic E-state index is 4.01. The van der Waals surface area contributed by atoms with Crippen molar-refractivity contribution in [3.05, 3.63) is 0 Å². The number of nitrogens with one attached hydrogen (secondary N) is 1. The van der Waals surface area contributed by atoms with Crippen LogP contribution in [0.5, 0.6) is 0 Å². The van der Waals surface area contributed by atoms with Crippen molar-refractivity contribution < 1.29 is 0 Å². The van der Waals surface area contributed by atoms with E-state index in [1.165, 1.54) is 96.3 Å². The second-order valence-corrected chi connectivity index (χ2v) is 7.46. The zero-order valence-electron chi connectivity index (χ0n) is 13.8. The van der Waals surface area contributed by atoms with Crippen molar-refractivity contribution >= 4 is 0 Å². The summed E-state index contributed by atoms with van der Waals surface area (Å²) in [4.78, 5) is 0. The molecule has 0 aromatic heterocycles. The highest BCUT2D eigenvalue weighted by molar-refractivity contribution is 4.81. The normalized spacial score (nSPS) is 26.9. The Morgan fingerprint density at radius 2 is 1.00 bits per heavy atom. The maximum Gasteiger partial charge on any atom is 0.00696 e. The zero-order valence-corrected chi connectivity index (χ0v) is 13.8. The van der Waals surface area contributed by atoms with Crippen LogP contribution in [-0.2, 0) is 0 Å². The van der Waals surface area contributed by atoms with Crippen LogP contribution in [0.1, 0.15) is 103 Å². The Bertz CT molecular complexity index is 220. The van der Waals surface area contributed by atoms with E-state index in [2.05, 4.69) is 12.2 Å². The van der Waals surface area contributed by atoms with Crippen LogP contribution in [0.15, 0.2) is 0 Å². The van der Waals surface area contributed by atoms with Gasteiger partial charge in [-0.05, 0) is 38.5 Å². The first-order valence-corrected chi connectivity index (χ1v) is 9.62. The van der Waals surface area contributed by atoms with Gasteiger partial charge in [-0.1, -0.05) is 70.6 Å². The fourth-order valence-corrected chi connectivity index (χ4v) is 4.30. The molecule has 2 saturated carbocycles. The summed E-state index contributed by atoms with van der Waals surface area (Å²) in [5, 5.41) is 4.01. The van der Waals surface area contributed by atoms with Gasteiger partial charge in [-0.15, -0.1) is 0 Å². The summed E-state index contributed by atoms with van der Waals surface area (Å²) in [5.41, 5.74) is 0. The molecule has 2 aliphatic rings. The van der Waals surface area contributed by atoms with Crippen LogP contribution in [0.3, 0.4) is 0 Å². The van der Waals surface area contributed by atoms with Crippen LogP contribution < -0.4 is 5.32 Å². The SMILES string of the molecule is CC(NC1CCCCCCCCCCC1)C1CCCC1. The number of hydrogen-bond donors (Lipinski definition) is 1. The second-order valence-electron chi connectivity index (χ2n) is 7.46. The Hall–Kier alpha value is -0.0400. The van der Waals surface area contributed by atoms with Gasteiger partial charge in [0.2, 0.25) is 0 Å². The maximum absolute atomic E-state index is 4.01. The van der Waals surface area contributed by atoms with Crippen molar-refractivity contribution in [3.63, 3.8) is 0 Å². The standard InChI is InChI=1S/C19H37N/c1-17(18-13-11-12-14-18)20-19-15-9-7-5-3-2-4-6-8-10-16-19/h17-20H,2-16H2,1H3. The highest BCUT2D eigenvalue weighted by Crippen LogP contribution is 2.28. The van der Waals surface area contributed by atoms with Gasteiger partial charge in [0.15, 0.2) is 0 Å². The lowest BCUT2D eigenvalue weighted by Crippen LogP contribution is -2.40. The summed E-state index contributed by atoms with van der Waals surface area (Å²) in [7, 11) is 0. The third-order valence-electron chi connectivity index (χ3n) is 5.71. The third-order valence-corrected chi connectivity index (χ3v) is 5.71. The first-order valence-electron chi connectivity index (χ1n) is 9.62. The largest absolute Gasteiger partial charge is 0.311 e. The summed E-state index contributed by atoms with van der Waals surface area (Å²) in [6, 6.07) is 1.57. The van der Waals surface area contributed by atoms with Crippen LogP contribution in [0, 0.1) is 5.92 Å². The van der Waals surface area contributed by atoms with E-state index in [0.717, 1.165) is 18.0 Å². The second kappa shape index (κ2) is 9.82. The lowest BCUT2D eigenvalue weighted by Gasteiger charge is -2.27. The first-order chi connectivity index (χ1) is 9.86. The molecule has 0 bridgehead atoms. The molecule has 0 saturated heterocycles. The van der Waals surface area contributed by atoms with Crippen molar-refractivity contribution in [2.24, 2.45) is 5.92 Å². The lowest BCUT2D eigenvalue weighted by molar-refractivity contribution is 0.309. The quantitative estimate of drug-likeness (QED) is 0.685. The van der Waals surface area contributed by atoms with E-state index in [9.17, 15) is 0 Å². The van der Waals surface area contributed by atoms with Gasteiger partial charge in [-0.25, -0.2) is 0 Å². The monoisotopic (exact) mass is 279 g/mol. The molecule has 2 fully saturated rings. The van der Waals surface area contributed by atoms with Gasteiger partial charge in [-0.3, -0.25) is 0 Å². The molecule has 0 spiro atoms. The van der Waals surface area contributed by atoms with Gasteiger partial charge in [0.05, 0.1) is 0 Å². The van der Waals surface area contributed by atoms with Crippen LogP contribution in [0.4, 0.5) is 0 Å². The van der Waals surface area contributed by atoms with Crippen LogP contribution in [0.2, 0.25) is 0 Å². The molecule has 0 aromatic rings. The molecule has 1 atom stereocenters. The minimum atomic E-state index is 0.760. The fraction of sp³-hybridized carbons (Fsp3) is 1.00. The molecule has 0 aliphatic heterocycles. The average Bonchev–Trinajstić information content (AvgIpc) is 2.96. The zero-order chi connectivity index (χ0) is 14.0. The minimum Gasteiger partial charge on any atom is -0.311 e. The van der Waals surface area contributed by atoms with Gasteiger partial charge in [0, 0.05) is 12.1 Å². The van der Waals surface area contributed by atoms with E-state index in [-0.39, 0.29) is 0 Å². The predicted molar refractivity (Wildman–Crippen MR) is 89.1 cm³/mol. The summed E-state index contributed by atoms with van der Waals surface area (Å²) < 4.78 is 0. The lowest BCUT2D eigenvalue weighted by atomic mass is 9.94. The van der Waals surface area contributed by atoms with E-state index >= 15 is 0 Å². The van der Waals surface area contributed by atoms with Gasteiger partial charge < -0.3 is 5.32 Å². The van der Waals surface area contributed by atoms with E-state index in [4.69, 9.17) is 0 Å². The Kier molecular flexibility index (Phi) is 8.02. The summed E-state index contributed by atoms with van der Waals surface area (Å²) in [5.74, 6) is 0.969. The molecular formula is C19H37N. The third kappa shape index (κ3) is 6.16. The molecule has 1 heteroatoms. The first kappa shape index (κ1) is 16.3. The minimum absolute atomic E-state index is 0.760. The van der Waals surface area contributed by atoms with Gasteiger partial charge in [0.25, 0.3) is 0 Å². The molecule has 0 amide bonds. The number of rotatable bonds is 3. The Morgan fingerprint density at radius 1 is 0.600 bits per heavy atom. The smallest absolute Gasteiger partial charge is 0.00696 e. The highest BCUT2D eigenvalue weighted by atomic mass is 14.9. The van der Waals surface area contributed by atoms with Crippen molar-refractivity contribution in [3.8, 4) is 0 Å². The summed E-state index contributed by atoms with van der Waals surface area (Å²) >= 11 is 0. The molecule has 1 unspecified atom stereocenters. The summed E-state index contributed by atoms with van der Waals surface area (Å²) in [6.45, 7) is 2.45. The Morgan fingerprint density at radius 3 is 1.50 bits per heavy atom. The fourth-order valence-electron chi connectivity index (χ4n) is 4.30. The van der Waals surface area contributed by atoms with Gasteiger partial charge in [-0.2, -0.15) is 0 Å². The molecule has 20 heavy (non-hydrogen) atoms. The Labute approximate surface area is 127 Å². The van der Waals surface area contributed by atoms with Gasteiger partial charge in [0.1, 0.15) is 0 Å². The van der Waals surface area contributed by atoms with Crippen molar-refractivity contribution in [1.29, 1.82) is 0 Å². The van der Waals surface area contributed by atoms with E-state index < -0.39 is 0 Å². The molecular weight excluding hydrogens is 242 g/mol. The molecule has 0 heterocycles. The number of hydrogen-bond acceptors (Lipinski definition) is 1. The average molecular weight is 280 g/mol. The molecule has 118 valence electrons. The van der Waals surface area contributed by atoms with Crippen LogP contribution in [0.25, 0.3) is 0 Å². The van der Waals surface area contributed by atoms with E-state index in [0.29, 0.717) is 0 Å².